The van der Waals surface area contributed by atoms with E-state index in [1.807, 2.05) is 60.1 Å². The van der Waals surface area contributed by atoms with Crippen molar-refractivity contribution in [2.45, 2.75) is 11.4 Å². The van der Waals surface area contributed by atoms with Gasteiger partial charge in [0.1, 0.15) is 0 Å². The van der Waals surface area contributed by atoms with Crippen LogP contribution < -0.4 is 4.80 Å². The highest BCUT2D eigenvalue weighted by Crippen LogP contribution is 2.26. The number of pyridine rings is 1. The second kappa shape index (κ2) is 10.0. The quantitative estimate of drug-likeness (QED) is 0.409. The lowest BCUT2D eigenvalue weighted by Crippen LogP contribution is -2.40. The molecule has 0 radical (unpaired) electrons. The van der Waals surface area contributed by atoms with Gasteiger partial charge in [0.15, 0.2) is 4.80 Å². The van der Waals surface area contributed by atoms with E-state index in [9.17, 15) is 8.42 Å². The molecule has 1 aliphatic rings. The number of benzene rings is 2. The molecule has 0 saturated carbocycles. The first-order valence-electron chi connectivity index (χ1n) is 11.0. The van der Waals surface area contributed by atoms with Gasteiger partial charge in [0.25, 0.3) is 0 Å². The van der Waals surface area contributed by atoms with Gasteiger partial charge in [-0.2, -0.15) is 4.31 Å². The second-order valence-electron chi connectivity index (χ2n) is 7.84. The molecule has 3 heterocycles. The topological polar surface area (TPSA) is 76.8 Å². The molecular weight excluding hydrogens is 468 g/mol. The van der Waals surface area contributed by atoms with Gasteiger partial charge in [-0.1, -0.05) is 36.4 Å². The molecule has 0 amide bonds. The molecule has 2 aromatic heterocycles. The highest BCUT2D eigenvalue weighted by Gasteiger charge is 2.26. The maximum Gasteiger partial charge on any atom is 0.243 e. The van der Waals surface area contributed by atoms with Crippen molar-refractivity contribution in [3.8, 4) is 11.3 Å². The fourth-order valence-corrected chi connectivity index (χ4v) is 6.22. The Labute approximate surface area is 202 Å². The van der Waals surface area contributed by atoms with E-state index >= 15 is 0 Å². The zero-order valence-corrected chi connectivity index (χ0v) is 20.1. The molecule has 174 valence electrons. The summed E-state index contributed by atoms with van der Waals surface area (Å²) in [5.41, 5.74) is 3.62. The highest BCUT2D eigenvalue weighted by molar-refractivity contribution is 7.89. The van der Waals surface area contributed by atoms with Crippen LogP contribution >= 0.6 is 11.3 Å². The Bertz CT molecular complexity index is 1430. The Hall–Kier alpha value is -3.11. The molecule has 0 bridgehead atoms. The summed E-state index contributed by atoms with van der Waals surface area (Å²) in [5, 5.41) is 2.03. The van der Waals surface area contributed by atoms with Crippen molar-refractivity contribution < 1.29 is 13.2 Å². The van der Waals surface area contributed by atoms with Gasteiger partial charge in [0, 0.05) is 36.4 Å². The van der Waals surface area contributed by atoms with Crippen LogP contribution in [0.15, 0.2) is 94.4 Å². The van der Waals surface area contributed by atoms with Gasteiger partial charge in [0.05, 0.1) is 36.0 Å². The fourth-order valence-electron chi connectivity index (χ4n) is 3.84. The monoisotopic (exact) mass is 492 g/mol. The van der Waals surface area contributed by atoms with E-state index in [-0.39, 0.29) is 4.90 Å². The Balaban J connectivity index is 1.59. The first-order valence-corrected chi connectivity index (χ1v) is 13.3. The second-order valence-corrected chi connectivity index (χ2v) is 10.6. The third kappa shape index (κ3) is 4.88. The minimum atomic E-state index is -3.59. The van der Waals surface area contributed by atoms with Gasteiger partial charge in [-0.25, -0.2) is 13.4 Å². The number of thiazole rings is 1. The Morgan fingerprint density at radius 2 is 1.82 bits per heavy atom. The molecule has 0 aliphatic carbocycles. The van der Waals surface area contributed by atoms with Gasteiger partial charge < -0.3 is 9.30 Å². The number of hydrogen-bond donors (Lipinski definition) is 0. The molecule has 0 unspecified atom stereocenters. The number of rotatable bonds is 6. The highest BCUT2D eigenvalue weighted by atomic mass is 32.2. The number of para-hydroxylation sites is 1. The number of sulfonamides is 1. The van der Waals surface area contributed by atoms with Crippen molar-refractivity contribution in [2.75, 3.05) is 26.3 Å². The van der Waals surface area contributed by atoms with Crippen molar-refractivity contribution in [1.82, 2.24) is 13.9 Å². The zero-order valence-electron chi connectivity index (χ0n) is 18.4. The summed E-state index contributed by atoms with van der Waals surface area (Å²) in [5.74, 6) is 0. The Morgan fingerprint density at radius 1 is 1.00 bits per heavy atom. The maximum atomic E-state index is 13.2. The van der Waals surface area contributed by atoms with Crippen LogP contribution in [0.3, 0.4) is 0 Å². The number of aromatic nitrogens is 2. The predicted octanol–water partition coefficient (Wildman–Crippen LogP) is 3.91. The standard InChI is InChI=1S/C25H24N4O3S2/c30-34(31,28-12-14-32-15-13-28)23-10-4-7-21(16-23)24-19-33-25(27-22-8-2-1-3-9-22)29(24)18-20-6-5-11-26-17-20/h1-11,16-17,19H,12-15,18H2. The molecular formula is C25H24N4O3S2. The van der Waals surface area contributed by atoms with Crippen LogP contribution in [0.2, 0.25) is 0 Å². The summed E-state index contributed by atoms with van der Waals surface area (Å²) in [6.07, 6.45) is 3.58. The van der Waals surface area contributed by atoms with Gasteiger partial charge >= 0.3 is 0 Å². The lowest BCUT2D eigenvalue weighted by atomic mass is 10.1. The van der Waals surface area contributed by atoms with Gasteiger partial charge in [0.2, 0.25) is 10.0 Å². The van der Waals surface area contributed by atoms with Crippen molar-refractivity contribution >= 4 is 27.0 Å². The number of ether oxygens (including phenoxy) is 1. The normalized spacial score (nSPS) is 15.5. The molecule has 1 aliphatic heterocycles. The number of morpholine rings is 1. The molecule has 7 nitrogen and oxygen atoms in total. The third-order valence-electron chi connectivity index (χ3n) is 5.58. The molecule has 1 saturated heterocycles. The first kappa shape index (κ1) is 22.7. The molecule has 9 heteroatoms. The summed E-state index contributed by atoms with van der Waals surface area (Å²) in [6.45, 7) is 2.13. The van der Waals surface area contributed by atoms with E-state index in [4.69, 9.17) is 9.73 Å². The lowest BCUT2D eigenvalue weighted by molar-refractivity contribution is 0.0730. The van der Waals surface area contributed by atoms with Crippen molar-refractivity contribution in [3.63, 3.8) is 0 Å². The van der Waals surface area contributed by atoms with E-state index in [1.165, 1.54) is 15.6 Å². The van der Waals surface area contributed by atoms with Crippen LogP contribution in [0.4, 0.5) is 5.69 Å². The SMILES string of the molecule is O=S(=O)(c1cccc(-c2csc(=Nc3ccccc3)n2Cc2cccnc2)c1)N1CCOCC1. The van der Waals surface area contributed by atoms with Crippen LogP contribution in [0.5, 0.6) is 0 Å². The van der Waals surface area contributed by atoms with E-state index in [0.29, 0.717) is 32.8 Å². The van der Waals surface area contributed by atoms with Crippen LogP contribution in [0.1, 0.15) is 5.56 Å². The zero-order chi connectivity index (χ0) is 23.4. The summed E-state index contributed by atoms with van der Waals surface area (Å²) in [7, 11) is -3.59. The van der Waals surface area contributed by atoms with Gasteiger partial charge in [-0.3, -0.25) is 4.98 Å². The summed E-state index contributed by atoms with van der Waals surface area (Å²) in [4.78, 5) is 10.2. The van der Waals surface area contributed by atoms with Crippen LogP contribution in [-0.2, 0) is 21.3 Å². The molecule has 2 aromatic carbocycles. The lowest BCUT2D eigenvalue weighted by Gasteiger charge is -2.26. The Kier molecular flexibility index (Phi) is 6.68. The van der Waals surface area contributed by atoms with E-state index in [0.717, 1.165) is 27.3 Å². The van der Waals surface area contributed by atoms with Crippen molar-refractivity contribution in [3.05, 3.63) is 94.9 Å². The van der Waals surface area contributed by atoms with Gasteiger partial charge in [-0.05, 0) is 35.9 Å². The molecule has 0 N–H and O–H groups in total. The minimum absolute atomic E-state index is 0.285. The number of nitrogens with zero attached hydrogens (tertiary/aromatic N) is 4. The number of hydrogen-bond acceptors (Lipinski definition) is 6. The Morgan fingerprint density at radius 3 is 2.59 bits per heavy atom. The maximum absolute atomic E-state index is 13.2. The predicted molar refractivity (Wildman–Crippen MR) is 132 cm³/mol. The van der Waals surface area contributed by atoms with E-state index < -0.39 is 10.0 Å². The molecule has 4 aromatic rings. The molecule has 0 spiro atoms. The largest absolute Gasteiger partial charge is 0.379 e. The molecule has 1 fully saturated rings. The summed E-state index contributed by atoms with van der Waals surface area (Å²) < 4.78 is 35.4. The summed E-state index contributed by atoms with van der Waals surface area (Å²) >= 11 is 1.53. The van der Waals surface area contributed by atoms with Crippen LogP contribution in [0, 0.1) is 0 Å². The fraction of sp³-hybridized carbons (Fsp3) is 0.200. The van der Waals surface area contributed by atoms with E-state index in [2.05, 4.69) is 9.55 Å². The smallest absolute Gasteiger partial charge is 0.243 e. The van der Waals surface area contributed by atoms with Crippen molar-refractivity contribution in [1.29, 1.82) is 0 Å². The first-order chi connectivity index (χ1) is 16.6. The average Bonchev–Trinajstić information content (AvgIpc) is 3.27. The van der Waals surface area contributed by atoms with Gasteiger partial charge in [-0.15, -0.1) is 11.3 Å². The van der Waals surface area contributed by atoms with Crippen LogP contribution in [0.25, 0.3) is 11.3 Å². The molecule has 5 rings (SSSR count). The van der Waals surface area contributed by atoms with E-state index in [1.54, 1.807) is 24.4 Å². The van der Waals surface area contributed by atoms with Crippen molar-refractivity contribution in [2.24, 2.45) is 4.99 Å². The minimum Gasteiger partial charge on any atom is -0.379 e. The summed E-state index contributed by atoms with van der Waals surface area (Å²) in [6, 6.07) is 20.9. The average molecular weight is 493 g/mol. The van der Waals surface area contributed by atoms with Crippen LogP contribution in [-0.4, -0.2) is 48.6 Å². The molecule has 34 heavy (non-hydrogen) atoms. The third-order valence-corrected chi connectivity index (χ3v) is 8.34. The molecule has 0 atom stereocenters.